The summed E-state index contributed by atoms with van der Waals surface area (Å²) in [5.74, 6) is 0.390. The Morgan fingerprint density at radius 1 is 0.929 bits per heavy atom. The van der Waals surface area contributed by atoms with Crippen LogP contribution in [0, 0.1) is 0 Å². The Morgan fingerprint density at radius 2 is 1.50 bits per heavy atom. The van der Waals surface area contributed by atoms with Crippen molar-refractivity contribution in [2.24, 2.45) is 0 Å². The molecule has 6 heteroatoms. The lowest BCUT2D eigenvalue weighted by atomic mass is 9.94. The Kier molecular flexibility index (Phi) is 5.53. The number of anilines is 1. The quantitative estimate of drug-likeness (QED) is 0.732. The van der Waals surface area contributed by atoms with E-state index in [1.165, 1.54) is 0 Å². The van der Waals surface area contributed by atoms with Crippen LogP contribution in [0.5, 0.6) is 0 Å². The molecule has 1 amide bonds. The topological polar surface area (TPSA) is 75.3 Å². The molecule has 1 saturated carbocycles. The number of nitrogens with one attached hydrogen (secondary N) is 2. The summed E-state index contributed by atoms with van der Waals surface area (Å²) >= 11 is 0. The van der Waals surface area contributed by atoms with Gasteiger partial charge in [0.25, 0.3) is 10.0 Å². The van der Waals surface area contributed by atoms with Crippen LogP contribution in [-0.2, 0) is 20.2 Å². The zero-order chi connectivity index (χ0) is 20.5. The molecule has 2 aromatic carbocycles. The van der Waals surface area contributed by atoms with Crippen LogP contribution >= 0.6 is 0 Å². The molecule has 1 aliphatic rings. The van der Waals surface area contributed by atoms with E-state index in [4.69, 9.17) is 0 Å². The first kappa shape index (κ1) is 20.4. The number of amides is 1. The van der Waals surface area contributed by atoms with Gasteiger partial charge in [-0.05, 0) is 68.0 Å². The molecule has 0 atom stereocenters. The fourth-order valence-corrected chi connectivity index (χ4v) is 4.33. The lowest BCUT2D eigenvalue weighted by molar-refractivity contribution is -0.124. The summed E-state index contributed by atoms with van der Waals surface area (Å²) in [6.07, 6.45) is 1.64. The van der Waals surface area contributed by atoms with E-state index in [1.807, 2.05) is 38.1 Å². The van der Waals surface area contributed by atoms with Gasteiger partial charge in [-0.25, -0.2) is 8.42 Å². The van der Waals surface area contributed by atoms with Crippen molar-refractivity contribution in [2.45, 2.75) is 62.8 Å². The summed E-state index contributed by atoms with van der Waals surface area (Å²) in [5, 5.41) is 2.98. The van der Waals surface area contributed by atoms with Crippen LogP contribution in [0.3, 0.4) is 0 Å². The molecule has 0 aliphatic heterocycles. The van der Waals surface area contributed by atoms with E-state index in [0.717, 1.165) is 24.0 Å². The van der Waals surface area contributed by atoms with E-state index in [0.29, 0.717) is 11.6 Å². The van der Waals surface area contributed by atoms with Gasteiger partial charge in [0.2, 0.25) is 5.91 Å². The number of hydrogen-bond acceptors (Lipinski definition) is 3. The van der Waals surface area contributed by atoms with Crippen LogP contribution in [-0.4, -0.2) is 20.4 Å². The number of carbonyl (C=O) groups excluding carboxylic acids is 1. The monoisotopic (exact) mass is 400 g/mol. The predicted octanol–water partition coefficient (Wildman–Crippen LogP) is 4.17. The number of benzene rings is 2. The summed E-state index contributed by atoms with van der Waals surface area (Å²) in [6.45, 7) is 8.02. The third-order valence-corrected chi connectivity index (χ3v) is 6.55. The summed E-state index contributed by atoms with van der Waals surface area (Å²) in [4.78, 5) is 12.7. The van der Waals surface area contributed by atoms with Crippen LogP contribution in [0.25, 0.3) is 0 Å². The molecule has 150 valence electrons. The molecule has 0 bridgehead atoms. The molecule has 2 aromatic rings. The van der Waals surface area contributed by atoms with Crippen molar-refractivity contribution in [3.63, 3.8) is 0 Å². The Morgan fingerprint density at radius 3 is 1.96 bits per heavy atom. The molecule has 0 radical (unpaired) electrons. The molecule has 0 spiro atoms. The highest BCUT2D eigenvalue weighted by atomic mass is 32.2. The van der Waals surface area contributed by atoms with E-state index in [2.05, 4.69) is 23.9 Å². The van der Waals surface area contributed by atoms with Gasteiger partial charge in [-0.3, -0.25) is 9.52 Å². The molecule has 0 heterocycles. The average molecular weight is 401 g/mol. The van der Waals surface area contributed by atoms with Gasteiger partial charge in [0.1, 0.15) is 0 Å². The standard InChI is InChI=1S/C22H28N2O3S/c1-15(2)17-5-11-20(12-6-17)28(26,27)24-19-9-7-18(8-10-19)22(13-14-22)21(25)23-16(3)4/h5-12,15-16,24H,13-14H2,1-4H3,(H,23,25). The van der Waals surface area contributed by atoms with Gasteiger partial charge in [-0.1, -0.05) is 38.1 Å². The largest absolute Gasteiger partial charge is 0.353 e. The van der Waals surface area contributed by atoms with Crippen molar-refractivity contribution >= 4 is 21.6 Å². The lowest BCUT2D eigenvalue weighted by Gasteiger charge is -2.18. The molecule has 1 fully saturated rings. The van der Waals surface area contributed by atoms with Crippen molar-refractivity contribution in [3.8, 4) is 0 Å². The van der Waals surface area contributed by atoms with E-state index in [9.17, 15) is 13.2 Å². The fourth-order valence-electron chi connectivity index (χ4n) is 3.28. The zero-order valence-electron chi connectivity index (χ0n) is 16.8. The first-order valence-corrected chi connectivity index (χ1v) is 11.2. The van der Waals surface area contributed by atoms with E-state index in [-0.39, 0.29) is 16.8 Å². The van der Waals surface area contributed by atoms with Crippen molar-refractivity contribution in [1.29, 1.82) is 0 Å². The second-order valence-corrected chi connectivity index (χ2v) is 9.80. The van der Waals surface area contributed by atoms with Gasteiger partial charge in [-0.15, -0.1) is 0 Å². The van der Waals surface area contributed by atoms with Crippen LogP contribution < -0.4 is 10.0 Å². The normalized spacial score (nSPS) is 15.5. The fraction of sp³-hybridized carbons (Fsp3) is 0.409. The Labute approximate surface area is 167 Å². The van der Waals surface area contributed by atoms with Gasteiger partial charge in [-0.2, -0.15) is 0 Å². The van der Waals surface area contributed by atoms with Gasteiger partial charge < -0.3 is 5.32 Å². The van der Waals surface area contributed by atoms with E-state index in [1.54, 1.807) is 24.3 Å². The summed E-state index contributed by atoms with van der Waals surface area (Å²) in [6, 6.07) is 14.1. The van der Waals surface area contributed by atoms with Crippen molar-refractivity contribution in [2.75, 3.05) is 4.72 Å². The van der Waals surface area contributed by atoms with Crippen molar-refractivity contribution in [3.05, 3.63) is 59.7 Å². The maximum Gasteiger partial charge on any atom is 0.261 e. The number of hydrogen-bond donors (Lipinski definition) is 2. The molecule has 28 heavy (non-hydrogen) atoms. The minimum Gasteiger partial charge on any atom is -0.353 e. The second-order valence-electron chi connectivity index (χ2n) is 8.12. The Balaban J connectivity index is 1.74. The molecule has 0 aromatic heterocycles. The third kappa shape index (κ3) is 4.22. The predicted molar refractivity (Wildman–Crippen MR) is 112 cm³/mol. The first-order chi connectivity index (χ1) is 13.1. The van der Waals surface area contributed by atoms with Crippen molar-refractivity contribution < 1.29 is 13.2 Å². The first-order valence-electron chi connectivity index (χ1n) is 9.68. The molecule has 0 unspecified atom stereocenters. The van der Waals surface area contributed by atoms with E-state index < -0.39 is 15.4 Å². The maximum absolute atomic E-state index is 12.6. The molecule has 2 N–H and O–H groups in total. The average Bonchev–Trinajstić information content (AvgIpc) is 3.43. The number of rotatable bonds is 7. The Hall–Kier alpha value is -2.34. The molecule has 3 rings (SSSR count). The number of carbonyl (C=O) groups is 1. The SMILES string of the molecule is CC(C)NC(=O)C1(c2ccc(NS(=O)(=O)c3ccc(C(C)C)cc3)cc2)CC1. The van der Waals surface area contributed by atoms with Crippen LogP contribution in [0.1, 0.15) is 57.6 Å². The highest BCUT2D eigenvalue weighted by Gasteiger charge is 2.51. The summed E-state index contributed by atoms with van der Waals surface area (Å²) in [7, 11) is -3.65. The maximum atomic E-state index is 12.6. The van der Waals surface area contributed by atoms with Crippen LogP contribution in [0.2, 0.25) is 0 Å². The van der Waals surface area contributed by atoms with Gasteiger partial charge >= 0.3 is 0 Å². The zero-order valence-corrected chi connectivity index (χ0v) is 17.6. The molecular weight excluding hydrogens is 372 g/mol. The van der Waals surface area contributed by atoms with Crippen molar-refractivity contribution in [1.82, 2.24) is 5.32 Å². The highest BCUT2D eigenvalue weighted by molar-refractivity contribution is 7.92. The Bertz CT molecular complexity index is 942. The lowest BCUT2D eigenvalue weighted by Crippen LogP contribution is -2.38. The van der Waals surface area contributed by atoms with Crippen LogP contribution in [0.4, 0.5) is 5.69 Å². The van der Waals surface area contributed by atoms with Gasteiger partial charge in [0, 0.05) is 11.7 Å². The second kappa shape index (κ2) is 7.59. The summed E-state index contributed by atoms with van der Waals surface area (Å²) < 4.78 is 27.9. The third-order valence-electron chi connectivity index (χ3n) is 5.15. The molecular formula is C22H28N2O3S. The van der Waals surface area contributed by atoms with Crippen LogP contribution in [0.15, 0.2) is 53.4 Å². The minimum absolute atomic E-state index is 0.0427. The molecule has 5 nitrogen and oxygen atoms in total. The van der Waals surface area contributed by atoms with E-state index >= 15 is 0 Å². The minimum atomic E-state index is -3.65. The molecule has 0 saturated heterocycles. The molecule has 1 aliphatic carbocycles. The highest BCUT2D eigenvalue weighted by Crippen LogP contribution is 2.48. The van der Waals surface area contributed by atoms with Gasteiger partial charge in [0.15, 0.2) is 0 Å². The number of sulfonamides is 1. The van der Waals surface area contributed by atoms with Gasteiger partial charge in [0.05, 0.1) is 10.3 Å². The smallest absolute Gasteiger partial charge is 0.261 e. The summed E-state index contributed by atoms with van der Waals surface area (Å²) in [5.41, 5.74) is 2.04.